The molecule has 0 spiro atoms. The molecule has 0 aromatic carbocycles. The van der Waals surface area contributed by atoms with E-state index in [1.54, 1.807) is 6.92 Å². The van der Waals surface area contributed by atoms with E-state index >= 15 is 0 Å². The van der Waals surface area contributed by atoms with E-state index in [1.807, 2.05) is 0 Å². The third-order valence-corrected chi connectivity index (χ3v) is 2.67. The van der Waals surface area contributed by atoms with E-state index in [2.05, 4.69) is 5.32 Å². The summed E-state index contributed by atoms with van der Waals surface area (Å²) < 4.78 is 4.71. The molecule has 0 radical (unpaired) electrons. The minimum absolute atomic E-state index is 0.0559. The van der Waals surface area contributed by atoms with Crippen molar-refractivity contribution >= 4 is 23.7 Å². The molecule has 0 aromatic heterocycles. The number of ether oxygens (including phenoxy) is 1. The van der Waals surface area contributed by atoms with Crippen molar-refractivity contribution in [3.63, 3.8) is 0 Å². The molecule has 3 amide bonds. The first-order chi connectivity index (χ1) is 9.04. The lowest BCUT2D eigenvalue weighted by molar-refractivity contribution is -0.143. The van der Waals surface area contributed by atoms with Crippen LogP contribution in [0.4, 0.5) is 0 Å². The van der Waals surface area contributed by atoms with Gasteiger partial charge in [0.05, 0.1) is 13.0 Å². The maximum Gasteiger partial charge on any atom is 0.307 e. The van der Waals surface area contributed by atoms with Crippen molar-refractivity contribution in [3.05, 3.63) is 0 Å². The molecule has 7 nitrogen and oxygen atoms in total. The van der Waals surface area contributed by atoms with E-state index in [0.29, 0.717) is 6.61 Å². The van der Waals surface area contributed by atoms with E-state index in [-0.39, 0.29) is 62.5 Å². The molecule has 0 atom stereocenters. The van der Waals surface area contributed by atoms with E-state index in [0.717, 1.165) is 4.90 Å². The molecule has 1 rings (SSSR count). The second-order valence-electron chi connectivity index (χ2n) is 4.09. The van der Waals surface area contributed by atoms with Crippen LogP contribution in [0.3, 0.4) is 0 Å². The summed E-state index contributed by atoms with van der Waals surface area (Å²) in [4.78, 5) is 46.1. The fraction of sp³-hybridized carbons (Fsp3) is 0.667. The number of imide groups is 1. The van der Waals surface area contributed by atoms with Crippen molar-refractivity contribution in [2.75, 3.05) is 19.7 Å². The first-order valence-electron chi connectivity index (χ1n) is 6.30. The Bertz CT molecular complexity index is 364. The molecule has 106 valence electrons. The average molecular weight is 270 g/mol. The minimum Gasteiger partial charge on any atom is -0.466 e. The van der Waals surface area contributed by atoms with Crippen molar-refractivity contribution in [3.8, 4) is 0 Å². The first kappa shape index (κ1) is 15.1. The minimum atomic E-state index is -0.368. The highest BCUT2D eigenvalue weighted by atomic mass is 16.5. The van der Waals surface area contributed by atoms with E-state index in [4.69, 9.17) is 4.74 Å². The van der Waals surface area contributed by atoms with Crippen LogP contribution in [0.5, 0.6) is 0 Å². The van der Waals surface area contributed by atoms with Crippen LogP contribution in [0.1, 0.15) is 32.6 Å². The van der Waals surface area contributed by atoms with Gasteiger partial charge in [-0.25, -0.2) is 0 Å². The molecule has 1 aliphatic rings. The number of amides is 3. The number of hydrogen-bond acceptors (Lipinski definition) is 5. The van der Waals surface area contributed by atoms with Gasteiger partial charge in [0.1, 0.15) is 0 Å². The maximum absolute atomic E-state index is 11.4. The van der Waals surface area contributed by atoms with Crippen LogP contribution in [-0.4, -0.2) is 48.3 Å². The maximum atomic E-state index is 11.4. The summed E-state index contributed by atoms with van der Waals surface area (Å²) in [6.07, 6.45) is 0.619. The summed E-state index contributed by atoms with van der Waals surface area (Å²) in [5.74, 6) is -1.13. The largest absolute Gasteiger partial charge is 0.466 e. The van der Waals surface area contributed by atoms with Crippen molar-refractivity contribution in [1.29, 1.82) is 0 Å². The molecule has 0 aromatic rings. The zero-order valence-corrected chi connectivity index (χ0v) is 10.9. The van der Waals surface area contributed by atoms with Gasteiger partial charge in [-0.3, -0.25) is 24.1 Å². The van der Waals surface area contributed by atoms with Gasteiger partial charge in [-0.1, -0.05) is 0 Å². The molecule has 0 unspecified atom stereocenters. The summed E-state index contributed by atoms with van der Waals surface area (Å²) in [7, 11) is 0. The van der Waals surface area contributed by atoms with Crippen molar-refractivity contribution in [1.82, 2.24) is 10.2 Å². The quantitative estimate of drug-likeness (QED) is 0.501. The summed E-state index contributed by atoms with van der Waals surface area (Å²) >= 11 is 0. The topological polar surface area (TPSA) is 92.8 Å². The number of rotatable bonds is 7. The number of esters is 1. The molecule has 19 heavy (non-hydrogen) atoms. The van der Waals surface area contributed by atoms with Crippen molar-refractivity contribution in [2.45, 2.75) is 32.6 Å². The van der Waals surface area contributed by atoms with Gasteiger partial charge in [-0.05, 0) is 6.92 Å². The normalized spacial score (nSPS) is 14.7. The van der Waals surface area contributed by atoms with Crippen LogP contribution in [0.15, 0.2) is 0 Å². The van der Waals surface area contributed by atoms with Gasteiger partial charge in [0, 0.05) is 32.4 Å². The third-order valence-electron chi connectivity index (χ3n) is 2.67. The van der Waals surface area contributed by atoms with Gasteiger partial charge >= 0.3 is 5.97 Å². The van der Waals surface area contributed by atoms with Gasteiger partial charge in [-0.2, -0.15) is 0 Å². The van der Waals surface area contributed by atoms with Crippen LogP contribution in [0.25, 0.3) is 0 Å². The number of carbonyl (C=O) groups is 4. The van der Waals surface area contributed by atoms with Crippen LogP contribution in [0.2, 0.25) is 0 Å². The standard InChI is InChI=1S/C12H18N2O5/c1-2-19-12(18)5-7-13-9(15)6-8-14-10(16)3-4-11(14)17/h2-8H2,1H3,(H,13,15). The number of carbonyl (C=O) groups excluding carboxylic acids is 4. The molecule has 0 aliphatic carbocycles. The van der Waals surface area contributed by atoms with Crippen molar-refractivity contribution in [2.24, 2.45) is 0 Å². The van der Waals surface area contributed by atoms with Crippen LogP contribution < -0.4 is 5.32 Å². The second-order valence-corrected chi connectivity index (χ2v) is 4.09. The predicted molar refractivity (Wildman–Crippen MR) is 64.8 cm³/mol. The molecule has 0 bridgehead atoms. The molecular weight excluding hydrogens is 252 g/mol. The Morgan fingerprint density at radius 3 is 2.42 bits per heavy atom. The summed E-state index contributed by atoms with van der Waals surface area (Å²) in [5.41, 5.74) is 0. The smallest absolute Gasteiger partial charge is 0.307 e. The van der Waals surface area contributed by atoms with Gasteiger partial charge in [-0.15, -0.1) is 0 Å². The Balaban J connectivity index is 2.16. The first-order valence-corrected chi connectivity index (χ1v) is 6.30. The third kappa shape index (κ3) is 5.07. The van der Waals surface area contributed by atoms with Gasteiger partial charge in [0.15, 0.2) is 0 Å². The Kier molecular flexibility index (Phi) is 5.98. The fourth-order valence-electron chi connectivity index (χ4n) is 1.71. The molecule has 1 saturated heterocycles. The van der Waals surface area contributed by atoms with E-state index in [9.17, 15) is 19.2 Å². The monoisotopic (exact) mass is 270 g/mol. The van der Waals surface area contributed by atoms with Crippen molar-refractivity contribution < 1.29 is 23.9 Å². The highest BCUT2D eigenvalue weighted by molar-refractivity contribution is 6.02. The van der Waals surface area contributed by atoms with E-state index < -0.39 is 0 Å². The summed E-state index contributed by atoms with van der Waals surface area (Å²) in [6.45, 7) is 2.31. The molecule has 7 heteroatoms. The van der Waals surface area contributed by atoms with Gasteiger partial charge < -0.3 is 10.1 Å². The Hall–Kier alpha value is -1.92. The van der Waals surface area contributed by atoms with Gasteiger partial charge in [0.25, 0.3) is 0 Å². The highest BCUT2D eigenvalue weighted by Crippen LogP contribution is 2.11. The number of hydrogen-bond donors (Lipinski definition) is 1. The molecule has 1 N–H and O–H groups in total. The summed E-state index contributed by atoms with van der Waals surface area (Å²) in [6, 6.07) is 0. The lowest BCUT2D eigenvalue weighted by atomic mass is 10.3. The fourth-order valence-corrected chi connectivity index (χ4v) is 1.71. The predicted octanol–water partition coefficient (Wildman–Crippen LogP) is -0.405. The zero-order valence-electron chi connectivity index (χ0n) is 10.9. The number of nitrogens with zero attached hydrogens (tertiary/aromatic N) is 1. The van der Waals surface area contributed by atoms with E-state index in [1.165, 1.54) is 0 Å². The summed E-state index contributed by atoms with van der Waals surface area (Å²) in [5, 5.41) is 2.54. The van der Waals surface area contributed by atoms with Gasteiger partial charge in [0.2, 0.25) is 17.7 Å². The van der Waals surface area contributed by atoms with Crippen LogP contribution >= 0.6 is 0 Å². The highest BCUT2D eigenvalue weighted by Gasteiger charge is 2.28. The SMILES string of the molecule is CCOC(=O)CCNC(=O)CCN1C(=O)CCC1=O. The van der Waals surface area contributed by atoms with Crippen LogP contribution in [-0.2, 0) is 23.9 Å². The molecule has 1 heterocycles. The number of nitrogens with one attached hydrogen (secondary N) is 1. The second kappa shape index (κ2) is 7.50. The lowest BCUT2D eigenvalue weighted by Gasteiger charge is -2.13. The average Bonchev–Trinajstić information content (AvgIpc) is 2.67. The Morgan fingerprint density at radius 1 is 1.21 bits per heavy atom. The zero-order chi connectivity index (χ0) is 14.3. The molecule has 1 fully saturated rings. The number of likely N-dealkylation sites (tertiary alicyclic amines) is 1. The van der Waals surface area contributed by atoms with Crippen LogP contribution in [0, 0.1) is 0 Å². The Labute approximate surface area is 111 Å². The lowest BCUT2D eigenvalue weighted by Crippen LogP contribution is -2.34. The molecule has 1 aliphatic heterocycles. The Morgan fingerprint density at radius 2 is 1.84 bits per heavy atom. The molecule has 0 saturated carbocycles. The molecular formula is C12H18N2O5.